The zero-order chi connectivity index (χ0) is 18.5. The molecule has 0 fully saturated rings. The number of benzene rings is 1. The summed E-state index contributed by atoms with van der Waals surface area (Å²) in [5.74, 6) is -0.596. The Labute approximate surface area is 150 Å². The Balaban J connectivity index is 2.52. The molecule has 0 bridgehead atoms. The SMILES string of the molecule is CCOc1ccc(CCCCCC(=O)O)c(CCCCCC(=O)O)c1. The largest absolute Gasteiger partial charge is 0.494 e. The van der Waals surface area contributed by atoms with Crippen molar-refractivity contribution in [1.82, 2.24) is 0 Å². The summed E-state index contributed by atoms with van der Waals surface area (Å²) >= 11 is 0. The van der Waals surface area contributed by atoms with E-state index in [0.29, 0.717) is 13.0 Å². The predicted molar refractivity (Wildman–Crippen MR) is 97.2 cm³/mol. The second-order valence-electron chi connectivity index (χ2n) is 6.27. The first-order chi connectivity index (χ1) is 12.0. The van der Waals surface area contributed by atoms with Crippen molar-refractivity contribution in [2.45, 2.75) is 71.1 Å². The Morgan fingerprint density at radius 3 is 1.92 bits per heavy atom. The molecule has 5 nitrogen and oxygen atoms in total. The van der Waals surface area contributed by atoms with E-state index in [4.69, 9.17) is 14.9 Å². The van der Waals surface area contributed by atoms with Crippen molar-refractivity contribution in [2.75, 3.05) is 6.61 Å². The van der Waals surface area contributed by atoms with Crippen molar-refractivity contribution < 1.29 is 24.5 Å². The van der Waals surface area contributed by atoms with Crippen molar-refractivity contribution in [3.63, 3.8) is 0 Å². The van der Waals surface area contributed by atoms with Crippen LogP contribution in [-0.4, -0.2) is 28.8 Å². The van der Waals surface area contributed by atoms with Crippen LogP contribution in [0.25, 0.3) is 0 Å². The Kier molecular flexibility index (Phi) is 10.4. The van der Waals surface area contributed by atoms with Gasteiger partial charge >= 0.3 is 11.9 Å². The summed E-state index contributed by atoms with van der Waals surface area (Å²) in [5, 5.41) is 17.4. The van der Waals surface area contributed by atoms with E-state index in [-0.39, 0.29) is 12.8 Å². The van der Waals surface area contributed by atoms with E-state index >= 15 is 0 Å². The number of carboxylic acid groups (broad SMARTS) is 2. The molecule has 0 saturated heterocycles. The van der Waals surface area contributed by atoms with Gasteiger partial charge in [0, 0.05) is 12.8 Å². The van der Waals surface area contributed by atoms with Gasteiger partial charge in [-0.05, 0) is 68.7 Å². The van der Waals surface area contributed by atoms with Gasteiger partial charge in [-0.2, -0.15) is 0 Å². The third kappa shape index (κ3) is 9.75. The quantitative estimate of drug-likeness (QED) is 0.484. The first-order valence-electron chi connectivity index (χ1n) is 9.21. The summed E-state index contributed by atoms with van der Waals surface area (Å²) in [5.41, 5.74) is 2.55. The predicted octanol–water partition coefficient (Wildman–Crippen LogP) is 4.46. The van der Waals surface area contributed by atoms with Gasteiger partial charge in [-0.25, -0.2) is 0 Å². The van der Waals surface area contributed by atoms with Gasteiger partial charge in [-0.1, -0.05) is 18.9 Å². The molecular weight excluding hydrogens is 320 g/mol. The molecule has 0 aliphatic carbocycles. The minimum atomic E-state index is -0.736. The summed E-state index contributed by atoms with van der Waals surface area (Å²) < 4.78 is 5.59. The average molecular weight is 350 g/mol. The molecule has 0 radical (unpaired) electrons. The zero-order valence-electron chi connectivity index (χ0n) is 15.1. The number of hydrogen-bond acceptors (Lipinski definition) is 3. The van der Waals surface area contributed by atoms with Crippen molar-refractivity contribution in [3.05, 3.63) is 29.3 Å². The van der Waals surface area contributed by atoms with E-state index in [9.17, 15) is 9.59 Å². The van der Waals surface area contributed by atoms with Gasteiger partial charge in [-0.3, -0.25) is 9.59 Å². The van der Waals surface area contributed by atoms with Crippen LogP contribution in [-0.2, 0) is 22.4 Å². The Bertz CT molecular complexity index is 539. The summed E-state index contributed by atoms with van der Waals surface area (Å²) in [4.78, 5) is 21.1. The molecule has 0 aliphatic rings. The van der Waals surface area contributed by atoms with E-state index < -0.39 is 11.9 Å². The Hall–Kier alpha value is -2.04. The molecule has 1 aromatic rings. The fourth-order valence-electron chi connectivity index (χ4n) is 2.87. The lowest BCUT2D eigenvalue weighted by Crippen LogP contribution is -2.00. The minimum Gasteiger partial charge on any atom is -0.494 e. The summed E-state index contributed by atoms with van der Waals surface area (Å²) in [6, 6.07) is 6.19. The fraction of sp³-hybridized carbons (Fsp3) is 0.600. The zero-order valence-corrected chi connectivity index (χ0v) is 15.1. The number of unbranched alkanes of at least 4 members (excludes halogenated alkanes) is 4. The molecular formula is C20H30O5. The molecule has 1 rings (SSSR count). The van der Waals surface area contributed by atoms with Crippen LogP contribution >= 0.6 is 0 Å². The fourth-order valence-corrected chi connectivity index (χ4v) is 2.87. The van der Waals surface area contributed by atoms with Crippen LogP contribution in [0.2, 0.25) is 0 Å². The molecule has 0 atom stereocenters. The second-order valence-corrected chi connectivity index (χ2v) is 6.27. The van der Waals surface area contributed by atoms with Gasteiger partial charge in [0.25, 0.3) is 0 Å². The molecule has 0 aromatic heterocycles. The van der Waals surface area contributed by atoms with Crippen molar-refractivity contribution in [1.29, 1.82) is 0 Å². The third-order valence-corrected chi connectivity index (χ3v) is 4.16. The van der Waals surface area contributed by atoms with Crippen molar-refractivity contribution in [2.24, 2.45) is 0 Å². The second kappa shape index (κ2) is 12.3. The number of ether oxygens (including phenoxy) is 1. The first-order valence-corrected chi connectivity index (χ1v) is 9.21. The highest BCUT2D eigenvalue weighted by atomic mass is 16.5. The average Bonchev–Trinajstić information content (AvgIpc) is 2.55. The molecule has 0 amide bonds. The molecule has 0 unspecified atom stereocenters. The van der Waals surface area contributed by atoms with E-state index in [1.165, 1.54) is 11.1 Å². The van der Waals surface area contributed by atoms with E-state index in [1.54, 1.807) is 0 Å². The Morgan fingerprint density at radius 1 is 0.840 bits per heavy atom. The molecule has 140 valence electrons. The molecule has 1 aromatic carbocycles. The van der Waals surface area contributed by atoms with Crippen LogP contribution in [0.4, 0.5) is 0 Å². The maximum Gasteiger partial charge on any atom is 0.303 e. The summed E-state index contributed by atoms with van der Waals surface area (Å²) in [7, 11) is 0. The van der Waals surface area contributed by atoms with E-state index in [1.807, 2.05) is 13.0 Å². The van der Waals surface area contributed by atoms with Crippen molar-refractivity contribution >= 4 is 11.9 Å². The maximum atomic E-state index is 10.6. The molecule has 2 N–H and O–H groups in total. The smallest absolute Gasteiger partial charge is 0.303 e. The highest BCUT2D eigenvalue weighted by Crippen LogP contribution is 2.22. The van der Waals surface area contributed by atoms with Crippen LogP contribution in [0.3, 0.4) is 0 Å². The lowest BCUT2D eigenvalue weighted by atomic mass is 9.96. The molecule has 0 spiro atoms. The molecule has 0 heterocycles. The minimum absolute atomic E-state index is 0.232. The van der Waals surface area contributed by atoms with Gasteiger partial charge in [0.1, 0.15) is 5.75 Å². The molecule has 25 heavy (non-hydrogen) atoms. The highest BCUT2D eigenvalue weighted by Gasteiger charge is 2.06. The van der Waals surface area contributed by atoms with Crippen LogP contribution in [0, 0.1) is 0 Å². The number of aryl methyl sites for hydroxylation is 2. The van der Waals surface area contributed by atoms with E-state index in [2.05, 4.69) is 12.1 Å². The standard InChI is InChI=1S/C20H30O5/c1-2-25-18-14-13-16(9-5-3-7-11-19(21)22)17(15-18)10-6-4-8-12-20(23)24/h13-15H,2-12H2,1H3,(H,21,22)(H,23,24). The van der Waals surface area contributed by atoms with E-state index in [0.717, 1.165) is 50.7 Å². The lowest BCUT2D eigenvalue weighted by Gasteiger charge is -2.12. The summed E-state index contributed by atoms with van der Waals surface area (Å²) in [6.45, 7) is 2.59. The van der Waals surface area contributed by atoms with Crippen LogP contribution in [0.15, 0.2) is 18.2 Å². The molecule has 5 heteroatoms. The van der Waals surface area contributed by atoms with Gasteiger partial charge < -0.3 is 14.9 Å². The lowest BCUT2D eigenvalue weighted by molar-refractivity contribution is -0.138. The van der Waals surface area contributed by atoms with Gasteiger partial charge in [-0.15, -0.1) is 0 Å². The van der Waals surface area contributed by atoms with Gasteiger partial charge in [0.15, 0.2) is 0 Å². The van der Waals surface area contributed by atoms with Gasteiger partial charge in [0.2, 0.25) is 0 Å². The number of carboxylic acids is 2. The van der Waals surface area contributed by atoms with Gasteiger partial charge in [0.05, 0.1) is 6.61 Å². The number of hydrogen-bond donors (Lipinski definition) is 2. The normalized spacial score (nSPS) is 10.6. The van der Waals surface area contributed by atoms with Crippen LogP contribution < -0.4 is 4.74 Å². The monoisotopic (exact) mass is 350 g/mol. The molecule has 0 saturated carbocycles. The first kappa shape index (κ1) is 21.0. The van der Waals surface area contributed by atoms with Crippen LogP contribution in [0.1, 0.15) is 69.4 Å². The van der Waals surface area contributed by atoms with Crippen molar-refractivity contribution in [3.8, 4) is 5.75 Å². The number of rotatable bonds is 14. The Morgan fingerprint density at radius 2 is 1.40 bits per heavy atom. The topological polar surface area (TPSA) is 83.8 Å². The third-order valence-electron chi connectivity index (χ3n) is 4.16. The highest BCUT2D eigenvalue weighted by molar-refractivity contribution is 5.66. The van der Waals surface area contributed by atoms with Crippen LogP contribution in [0.5, 0.6) is 5.75 Å². The molecule has 0 aliphatic heterocycles. The number of carbonyl (C=O) groups is 2. The summed E-state index contributed by atoms with van der Waals surface area (Å²) in [6.07, 6.45) is 7.53. The maximum absolute atomic E-state index is 10.6. The number of aliphatic carboxylic acids is 2.